The SMILES string of the molecule is CC(=O)N1CCC(C(=O)Nc2nc(C(F)(F)F)n3c2CN(C(=O)OC(C)(C)C)CC3)CC1. The van der Waals surface area contributed by atoms with Gasteiger partial charge in [0.15, 0.2) is 5.82 Å². The lowest BCUT2D eigenvalue weighted by atomic mass is 9.96. The third-order valence-corrected chi connectivity index (χ3v) is 5.46. The van der Waals surface area contributed by atoms with Gasteiger partial charge in [-0.15, -0.1) is 0 Å². The first-order valence-corrected chi connectivity index (χ1v) is 10.5. The molecule has 2 aliphatic heterocycles. The van der Waals surface area contributed by atoms with Crippen molar-refractivity contribution in [3.05, 3.63) is 11.5 Å². The van der Waals surface area contributed by atoms with Crippen LogP contribution in [0.3, 0.4) is 0 Å². The fourth-order valence-corrected chi connectivity index (χ4v) is 3.84. The Balaban J connectivity index is 1.80. The van der Waals surface area contributed by atoms with E-state index in [1.165, 1.54) is 11.8 Å². The zero-order valence-corrected chi connectivity index (χ0v) is 18.6. The first-order chi connectivity index (χ1) is 14.8. The molecule has 1 N–H and O–H groups in total. The Kier molecular flexibility index (Phi) is 6.43. The predicted octanol–water partition coefficient (Wildman–Crippen LogP) is 2.85. The van der Waals surface area contributed by atoms with Crippen molar-refractivity contribution in [2.45, 2.75) is 65.4 Å². The normalized spacial score (nSPS) is 17.7. The molecule has 0 aliphatic carbocycles. The van der Waals surface area contributed by atoms with E-state index in [2.05, 4.69) is 10.3 Å². The van der Waals surface area contributed by atoms with Crippen molar-refractivity contribution >= 4 is 23.7 Å². The van der Waals surface area contributed by atoms with Crippen molar-refractivity contribution < 1.29 is 32.3 Å². The Labute approximate surface area is 183 Å². The second-order valence-electron chi connectivity index (χ2n) is 9.05. The van der Waals surface area contributed by atoms with Crippen LogP contribution in [0.2, 0.25) is 0 Å². The maximum absolute atomic E-state index is 13.5. The van der Waals surface area contributed by atoms with Crippen molar-refractivity contribution in [3.8, 4) is 0 Å². The monoisotopic (exact) mass is 459 g/mol. The smallest absolute Gasteiger partial charge is 0.444 e. The molecule has 3 heterocycles. The number of rotatable bonds is 2. The third kappa shape index (κ3) is 5.33. The largest absolute Gasteiger partial charge is 0.449 e. The number of carbonyl (C=O) groups excluding carboxylic acids is 3. The van der Waals surface area contributed by atoms with E-state index in [4.69, 9.17) is 4.74 Å². The van der Waals surface area contributed by atoms with Crippen LogP contribution >= 0.6 is 0 Å². The van der Waals surface area contributed by atoms with Crippen LogP contribution in [0, 0.1) is 5.92 Å². The summed E-state index contributed by atoms with van der Waals surface area (Å²) in [6.45, 7) is 7.10. The minimum absolute atomic E-state index is 0.0260. The number of likely N-dealkylation sites (tertiary alicyclic amines) is 1. The number of piperidine rings is 1. The van der Waals surface area contributed by atoms with Crippen LogP contribution in [0.5, 0.6) is 0 Å². The van der Waals surface area contributed by atoms with Crippen LogP contribution in [0.4, 0.5) is 23.8 Å². The van der Waals surface area contributed by atoms with Crippen molar-refractivity contribution in [2.75, 3.05) is 25.0 Å². The summed E-state index contributed by atoms with van der Waals surface area (Å²) >= 11 is 0. The lowest BCUT2D eigenvalue weighted by Crippen LogP contribution is -2.42. The lowest BCUT2D eigenvalue weighted by molar-refractivity contribution is -0.147. The summed E-state index contributed by atoms with van der Waals surface area (Å²) in [5, 5.41) is 2.53. The molecule has 0 spiro atoms. The van der Waals surface area contributed by atoms with E-state index in [-0.39, 0.29) is 37.1 Å². The van der Waals surface area contributed by atoms with Gasteiger partial charge in [-0.25, -0.2) is 9.78 Å². The highest BCUT2D eigenvalue weighted by Gasteiger charge is 2.41. The lowest BCUT2D eigenvalue weighted by Gasteiger charge is -2.32. The molecular weight excluding hydrogens is 431 g/mol. The molecule has 1 fully saturated rings. The van der Waals surface area contributed by atoms with Crippen molar-refractivity contribution in [1.82, 2.24) is 19.4 Å². The molecule has 3 rings (SSSR count). The molecule has 0 atom stereocenters. The van der Waals surface area contributed by atoms with Crippen molar-refractivity contribution in [1.29, 1.82) is 0 Å². The zero-order valence-electron chi connectivity index (χ0n) is 18.6. The first kappa shape index (κ1) is 23.9. The molecule has 1 aromatic rings. The van der Waals surface area contributed by atoms with Gasteiger partial charge in [-0.3, -0.25) is 9.59 Å². The van der Waals surface area contributed by atoms with Crippen molar-refractivity contribution in [3.63, 3.8) is 0 Å². The molecule has 0 bridgehead atoms. The van der Waals surface area contributed by atoms with Gasteiger partial charge in [-0.1, -0.05) is 0 Å². The fraction of sp³-hybridized carbons (Fsp3) is 0.700. The summed E-state index contributed by atoms with van der Waals surface area (Å²) in [4.78, 5) is 43.2. The number of nitrogens with zero attached hydrogens (tertiary/aromatic N) is 4. The summed E-state index contributed by atoms with van der Waals surface area (Å²) < 4.78 is 46.9. The van der Waals surface area contributed by atoms with Gasteiger partial charge in [0.1, 0.15) is 5.60 Å². The third-order valence-electron chi connectivity index (χ3n) is 5.46. The second-order valence-corrected chi connectivity index (χ2v) is 9.05. The first-order valence-electron chi connectivity index (χ1n) is 10.5. The van der Waals surface area contributed by atoms with Crippen molar-refractivity contribution in [2.24, 2.45) is 5.92 Å². The summed E-state index contributed by atoms with van der Waals surface area (Å²) in [5.74, 6) is -2.29. The van der Waals surface area contributed by atoms with Gasteiger partial charge in [0, 0.05) is 39.0 Å². The summed E-state index contributed by atoms with van der Waals surface area (Å²) in [6, 6.07) is 0. The molecule has 1 saturated heterocycles. The van der Waals surface area contributed by atoms with E-state index >= 15 is 0 Å². The minimum atomic E-state index is -4.71. The highest BCUT2D eigenvalue weighted by molar-refractivity contribution is 5.92. The number of ether oxygens (including phenoxy) is 1. The topological polar surface area (TPSA) is 96.8 Å². The second kappa shape index (κ2) is 8.62. The molecule has 3 amide bonds. The number of halogens is 3. The van der Waals surface area contributed by atoms with Crippen LogP contribution in [-0.4, -0.2) is 62.5 Å². The quantitative estimate of drug-likeness (QED) is 0.734. The minimum Gasteiger partial charge on any atom is -0.444 e. The molecule has 178 valence electrons. The van der Waals surface area contributed by atoms with Crippen LogP contribution in [0.25, 0.3) is 0 Å². The fourth-order valence-electron chi connectivity index (χ4n) is 3.84. The molecule has 0 saturated carbocycles. The molecule has 0 aromatic carbocycles. The van der Waals surface area contributed by atoms with Crippen LogP contribution < -0.4 is 5.32 Å². The molecule has 2 aliphatic rings. The van der Waals surface area contributed by atoms with Gasteiger partial charge < -0.3 is 24.4 Å². The van der Waals surface area contributed by atoms with Crippen LogP contribution in [-0.2, 0) is 33.6 Å². The van der Waals surface area contributed by atoms with E-state index < -0.39 is 35.5 Å². The molecule has 32 heavy (non-hydrogen) atoms. The standard InChI is InChI=1S/C20H28F3N5O4/c1-12(29)26-7-5-13(6-8-26)16(30)24-15-14-11-27(18(31)32-19(2,3)4)9-10-28(14)17(25-15)20(21,22)23/h13H,5-11H2,1-4H3,(H,24,30). The number of hydrogen-bond acceptors (Lipinski definition) is 5. The predicted molar refractivity (Wildman–Crippen MR) is 107 cm³/mol. The average Bonchev–Trinajstić information content (AvgIpc) is 3.05. The van der Waals surface area contributed by atoms with Crippen LogP contribution in [0.15, 0.2) is 0 Å². The molecule has 0 radical (unpaired) electrons. The van der Waals surface area contributed by atoms with Gasteiger partial charge in [-0.05, 0) is 33.6 Å². The summed E-state index contributed by atoms with van der Waals surface area (Å²) in [7, 11) is 0. The number of fused-ring (bicyclic) bond motifs is 1. The van der Waals surface area contributed by atoms with Gasteiger partial charge in [0.2, 0.25) is 17.6 Å². The average molecular weight is 459 g/mol. The summed E-state index contributed by atoms with van der Waals surface area (Å²) in [6.07, 6.45) is -4.53. The zero-order chi connectivity index (χ0) is 23.8. The van der Waals surface area contributed by atoms with Gasteiger partial charge in [0.25, 0.3) is 0 Å². The van der Waals surface area contributed by atoms with E-state index in [0.29, 0.717) is 25.9 Å². The maximum atomic E-state index is 13.5. The van der Waals surface area contributed by atoms with E-state index in [9.17, 15) is 27.6 Å². The molecule has 12 heteroatoms. The summed E-state index contributed by atoms with van der Waals surface area (Å²) in [5.41, 5.74) is -0.651. The molecule has 0 unspecified atom stereocenters. The maximum Gasteiger partial charge on any atom is 0.449 e. The number of anilines is 1. The number of amides is 3. The Morgan fingerprint density at radius 1 is 1.03 bits per heavy atom. The van der Waals surface area contributed by atoms with E-state index in [1.807, 2.05) is 0 Å². The number of carbonyl (C=O) groups is 3. The highest BCUT2D eigenvalue weighted by Crippen LogP contribution is 2.34. The Bertz CT molecular complexity index is 898. The Hall–Kier alpha value is -2.79. The number of imidazole rings is 1. The Morgan fingerprint density at radius 2 is 1.66 bits per heavy atom. The van der Waals surface area contributed by atoms with Gasteiger partial charge >= 0.3 is 12.3 Å². The molecule has 1 aromatic heterocycles. The number of alkyl halides is 3. The van der Waals surface area contributed by atoms with E-state index in [1.54, 1.807) is 25.7 Å². The van der Waals surface area contributed by atoms with Gasteiger partial charge in [-0.2, -0.15) is 13.2 Å². The van der Waals surface area contributed by atoms with E-state index in [0.717, 1.165) is 4.57 Å². The highest BCUT2D eigenvalue weighted by atomic mass is 19.4. The molecule has 9 nitrogen and oxygen atoms in total. The van der Waals surface area contributed by atoms with Crippen LogP contribution in [0.1, 0.15) is 52.1 Å². The Morgan fingerprint density at radius 3 is 2.19 bits per heavy atom. The molecular formula is C20H28F3N5O4. The van der Waals surface area contributed by atoms with Gasteiger partial charge in [0.05, 0.1) is 12.2 Å². The number of hydrogen-bond donors (Lipinski definition) is 1. The number of nitrogens with one attached hydrogen (secondary N) is 1. The number of aromatic nitrogens is 2.